The van der Waals surface area contributed by atoms with Gasteiger partial charge in [0.1, 0.15) is 0 Å². The van der Waals surface area contributed by atoms with E-state index in [9.17, 15) is 4.39 Å². The van der Waals surface area contributed by atoms with Crippen LogP contribution in [-0.4, -0.2) is 35.6 Å². The van der Waals surface area contributed by atoms with Crippen LogP contribution in [0.5, 0.6) is 0 Å². The van der Waals surface area contributed by atoms with E-state index in [0.717, 1.165) is 42.4 Å². The molecular formula is C27H33ClFN5. The summed E-state index contributed by atoms with van der Waals surface area (Å²) in [4.78, 5) is 2.60. The SMILES string of the molecule is C/C(N)=C1\c2ccc(C3=CCN(C4CCC4)CC3)cc2C(Nc2cccc(Cl)c2F)CCN1N. The largest absolute Gasteiger partial charge is 0.401 e. The van der Waals surface area contributed by atoms with Gasteiger partial charge in [-0.25, -0.2) is 10.2 Å². The highest BCUT2D eigenvalue weighted by atomic mass is 35.5. The van der Waals surface area contributed by atoms with Gasteiger partial charge in [0.15, 0.2) is 5.82 Å². The molecule has 0 amide bonds. The lowest BCUT2D eigenvalue weighted by Gasteiger charge is -2.39. The molecule has 0 aromatic heterocycles. The molecule has 1 atom stereocenters. The van der Waals surface area contributed by atoms with E-state index in [4.69, 9.17) is 23.2 Å². The minimum Gasteiger partial charge on any atom is -0.401 e. The van der Waals surface area contributed by atoms with Crippen LogP contribution in [0.2, 0.25) is 5.02 Å². The number of halogens is 2. The Morgan fingerprint density at radius 1 is 1.15 bits per heavy atom. The Balaban J connectivity index is 1.52. The molecule has 7 heteroatoms. The molecule has 3 aliphatic rings. The molecule has 0 radical (unpaired) electrons. The molecule has 0 spiro atoms. The van der Waals surface area contributed by atoms with Gasteiger partial charge in [-0.1, -0.05) is 42.3 Å². The second-order valence-electron chi connectivity index (χ2n) is 9.67. The first kappa shape index (κ1) is 23.2. The van der Waals surface area contributed by atoms with Crippen molar-refractivity contribution in [2.24, 2.45) is 11.6 Å². The molecular weight excluding hydrogens is 449 g/mol. The summed E-state index contributed by atoms with van der Waals surface area (Å²) in [5.74, 6) is 5.97. The van der Waals surface area contributed by atoms with Crippen LogP contribution in [0.15, 0.2) is 48.2 Å². The fourth-order valence-electron chi connectivity index (χ4n) is 5.38. The van der Waals surface area contributed by atoms with E-state index in [1.807, 2.05) is 6.92 Å². The maximum Gasteiger partial charge on any atom is 0.164 e. The van der Waals surface area contributed by atoms with Crippen molar-refractivity contribution in [3.63, 3.8) is 0 Å². The standard InChI is InChI=1S/C27H33ClFN5/c1-17(30)27-21-9-8-19(18-10-13-33(14-11-18)20-4-2-5-20)16-22(21)24(12-15-34(27)31)32-25-7-3-6-23(28)26(25)29/h3,6-10,16,20,24,32H,2,4-5,11-15,30-31H2,1H3/b27-17-. The summed E-state index contributed by atoms with van der Waals surface area (Å²) in [6, 6.07) is 12.2. The van der Waals surface area contributed by atoms with Gasteiger partial charge in [-0.15, -0.1) is 0 Å². The van der Waals surface area contributed by atoms with Gasteiger partial charge in [0.2, 0.25) is 0 Å². The summed E-state index contributed by atoms with van der Waals surface area (Å²) in [7, 11) is 0. The summed E-state index contributed by atoms with van der Waals surface area (Å²) in [6.45, 7) is 4.57. The molecule has 2 aromatic carbocycles. The van der Waals surface area contributed by atoms with E-state index in [1.54, 1.807) is 23.2 Å². The normalized spacial score (nSPS) is 23.0. The second kappa shape index (κ2) is 9.61. The van der Waals surface area contributed by atoms with Crippen molar-refractivity contribution in [2.75, 3.05) is 25.0 Å². The van der Waals surface area contributed by atoms with Crippen LogP contribution >= 0.6 is 11.6 Å². The number of benzene rings is 2. The highest BCUT2D eigenvalue weighted by Crippen LogP contribution is 2.38. The number of allylic oxidation sites excluding steroid dienone is 1. The number of rotatable bonds is 4. The van der Waals surface area contributed by atoms with Gasteiger partial charge in [0.25, 0.3) is 0 Å². The Labute approximate surface area is 206 Å². The number of fused-ring (bicyclic) bond motifs is 1. The van der Waals surface area contributed by atoms with Crippen molar-refractivity contribution in [3.05, 3.63) is 75.7 Å². The Morgan fingerprint density at radius 2 is 1.97 bits per heavy atom. The molecule has 1 saturated carbocycles. The molecule has 1 unspecified atom stereocenters. The minimum atomic E-state index is -0.437. The molecule has 5 rings (SSSR count). The summed E-state index contributed by atoms with van der Waals surface area (Å²) in [6.07, 6.45) is 8.14. The smallest absolute Gasteiger partial charge is 0.164 e. The van der Waals surface area contributed by atoms with E-state index < -0.39 is 5.82 Å². The summed E-state index contributed by atoms with van der Waals surface area (Å²) >= 11 is 6.05. The van der Waals surface area contributed by atoms with E-state index in [1.165, 1.54) is 30.4 Å². The third-order valence-corrected chi connectivity index (χ3v) is 7.78. The number of nitrogens with two attached hydrogens (primary N) is 2. The van der Waals surface area contributed by atoms with Crippen LogP contribution in [0, 0.1) is 5.82 Å². The van der Waals surface area contributed by atoms with Gasteiger partial charge >= 0.3 is 0 Å². The number of anilines is 1. The summed E-state index contributed by atoms with van der Waals surface area (Å²) < 4.78 is 14.7. The third kappa shape index (κ3) is 4.42. The highest BCUT2D eigenvalue weighted by Gasteiger charge is 2.29. The first-order chi connectivity index (χ1) is 16.4. The molecule has 1 aliphatic carbocycles. The summed E-state index contributed by atoms with van der Waals surface area (Å²) in [5, 5.41) is 5.22. The zero-order valence-electron chi connectivity index (χ0n) is 19.7. The molecule has 2 aromatic rings. The minimum absolute atomic E-state index is 0.106. The molecule has 34 heavy (non-hydrogen) atoms. The van der Waals surface area contributed by atoms with Crippen LogP contribution in [0.25, 0.3) is 11.3 Å². The fraction of sp³-hybridized carbons (Fsp3) is 0.407. The number of hydrogen-bond acceptors (Lipinski definition) is 5. The maximum absolute atomic E-state index is 14.7. The predicted octanol–water partition coefficient (Wildman–Crippen LogP) is 5.50. The Morgan fingerprint density at radius 3 is 2.65 bits per heavy atom. The van der Waals surface area contributed by atoms with Gasteiger partial charge in [-0.05, 0) is 67.5 Å². The fourth-order valence-corrected chi connectivity index (χ4v) is 5.55. The lowest BCUT2D eigenvalue weighted by Crippen LogP contribution is -2.42. The monoisotopic (exact) mass is 481 g/mol. The molecule has 5 N–H and O–H groups in total. The van der Waals surface area contributed by atoms with E-state index in [2.05, 4.69) is 34.5 Å². The van der Waals surface area contributed by atoms with Crippen molar-refractivity contribution < 1.29 is 4.39 Å². The van der Waals surface area contributed by atoms with Crippen molar-refractivity contribution in [1.82, 2.24) is 9.91 Å². The average molecular weight is 482 g/mol. The van der Waals surface area contributed by atoms with Crippen molar-refractivity contribution >= 4 is 28.6 Å². The van der Waals surface area contributed by atoms with Gasteiger partial charge in [0, 0.05) is 36.9 Å². The van der Waals surface area contributed by atoms with Crippen LogP contribution in [0.3, 0.4) is 0 Å². The van der Waals surface area contributed by atoms with Crippen LogP contribution in [-0.2, 0) is 0 Å². The molecule has 180 valence electrons. The van der Waals surface area contributed by atoms with Crippen LogP contribution in [0.1, 0.15) is 61.8 Å². The number of nitrogens with one attached hydrogen (secondary N) is 1. The van der Waals surface area contributed by atoms with E-state index in [-0.39, 0.29) is 11.1 Å². The number of hydrogen-bond donors (Lipinski definition) is 3. The Bertz CT molecular complexity index is 1140. The third-order valence-electron chi connectivity index (χ3n) is 7.49. The molecule has 1 fully saturated rings. The molecule has 0 saturated heterocycles. The quantitative estimate of drug-likeness (QED) is 0.503. The van der Waals surface area contributed by atoms with E-state index in [0.29, 0.717) is 24.4 Å². The lowest BCUT2D eigenvalue weighted by molar-refractivity contribution is 0.141. The Kier molecular flexibility index (Phi) is 6.56. The second-order valence-corrected chi connectivity index (χ2v) is 10.1. The summed E-state index contributed by atoms with van der Waals surface area (Å²) in [5.41, 5.74) is 12.8. The topological polar surface area (TPSA) is 70.5 Å². The molecule has 2 heterocycles. The zero-order valence-corrected chi connectivity index (χ0v) is 20.4. The predicted molar refractivity (Wildman–Crippen MR) is 138 cm³/mol. The molecule has 5 nitrogen and oxygen atoms in total. The first-order valence-electron chi connectivity index (χ1n) is 12.2. The van der Waals surface area contributed by atoms with Gasteiger partial charge in [-0.2, -0.15) is 0 Å². The van der Waals surface area contributed by atoms with Gasteiger partial charge < -0.3 is 16.1 Å². The van der Waals surface area contributed by atoms with Crippen molar-refractivity contribution in [3.8, 4) is 0 Å². The zero-order chi connectivity index (χ0) is 23.8. The van der Waals surface area contributed by atoms with Gasteiger partial charge in [0.05, 0.1) is 22.4 Å². The van der Waals surface area contributed by atoms with Crippen molar-refractivity contribution in [2.45, 2.75) is 51.1 Å². The number of hydrazine groups is 1. The van der Waals surface area contributed by atoms with Crippen LogP contribution < -0.4 is 16.9 Å². The molecule has 2 aliphatic heterocycles. The van der Waals surface area contributed by atoms with Crippen molar-refractivity contribution in [1.29, 1.82) is 0 Å². The average Bonchev–Trinajstić information content (AvgIpc) is 2.92. The van der Waals surface area contributed by atoms with E-state index >= 15 is 0 Å². The highest BCUT2D eigenvalue weighted by molar-refractivity contribution is 6.31. The van der Waals surface area contributed by atoms with Crippen LogP contribution in [0.4, 0.5) is 10.1 Å². The first-order valence-corrected chi connectivity index (χ1v) is 12.6. The maximum atomic E-state index is 14.7. The number of nitrogens with zero attached hydrogens (tertiary/aromatic N) is 2. The molecule has 0 bridgehead atoms. The Hall–Kier alpha value is -2.54. The van der Waals surface area contributed by atoms with Gasteiger partial charge in [-0.3, -0.25) is 4.90 Å². The lowest BCUT2D eigenvalue weighted by atomic mass is 9.88.